The van der Waals surface area contributed by atoms with Crippen molar-refractivity contribution in [2.45, 2.75) is 20.3 Å². The lowest BCUT2D eigenvalue weighted by Crippen LogP contribution is -2.28. The molecule has 1 atom stereocenters. The van der Waals surface area contributed by atoms with Gasteiger partial charge in [-0.2, -0.15) is 11.8 Å². The molecule has 1 aliphatic heterocycles. The second-order valence-corrected chi connectivity index (χ2v) is 5.35. The van der Waals surface area contributed by atoms with Crippen LogP contribution in [0, 0.1) is 5.92 Å². The highest BCUT2D eigenvalue weighted by Crippen LogP contribution is 2.43. The van der Waals surface area contributed by atoms with E-state index in [0.29, 0.717) is 0 Å². The van der Waals surface area contributed by atoms with Crippen molar-refractivity contribution >= 4 is 23.2 Å². The average molecular weight is 261 g/mol. The van der Waals surface area contributed by atoms with E-state index in [1.807, 2.05) is 31.7 Å². The van der Waals surface area contributed by atoms with Gasteiger partial charge in [0.2, 0.25) is 5.91 Å². The maximum Gasteiger partial charge on any atom is 0.225 e. The number of carbonyl (C=O) groups is 1. The largest absolute Gasteiger partial charge is 0.369 e. The Labute approximate surface area is 113 Å². The number of thioether (sulfide) groups is 1. The van der Waals surface area contributed by atoms with Crippen LogP contribution in [0.4, 0.5) is 0 Å². The minimum absolute atomic E-state index is 0.0857. The Balaban J connectivity index is 0.000000574. The lowest BCUT2D eigenvalue weighted by Gasteiger charge is -2.22. The molecule has 0 fully saturated rings. The summed E-state index contributed by atoms with van der Waals surface area (Å²) in [7, 11) is 0. The van der Waals surface area contributed by atoms with E-state index in [4.69, 9.17) is 5.73 Å². The summed E-state index contributed by atoms with van der Waals surface area (Å²) in [5, 5.41) is 0. The Kier molecular flexibility index (Phi) is 4.12. The summed E-state index contributed by atoms with van der Waals surface area (Å²) in [4.78, 5) is 11.5. The molecular formula is C15H19NOS. The molecule has 3 heteroatoms. The molecule has 1 aromatic carbocycles. The molecule has 2 nitrogen and oxygen atoms in total. The molecule has 96 valence electrons. The van der Waals surface area contributed by atoms with Crippen molar-refractivity contribution in [3.63, 3.8) is 0 Å². The first-order chi connectivity index (χ1) is 8.77. The molecule has 0 saturated carbocycles. The molecule has 18 heavy (non-hydrogen) atoms. The number of benzene rings is 1. The minimum atomic E-state index is -0.184. The Morgan fingerprint density at radius 3 is 2.78 bits per heavy atom. The third-order valence-corrected chi connectivity index (χ3v) is 4.47. The van der Waals surface area contributed by atoms with Gasteiger partial charge in [0, 0.05) is 11.5 Å². The van der Waals surface area contributed by atoms with Crippen LogP contribution in [0.25, 0.3) is 5.57 Å². The van der Waals surface area contributed by atoms with Gasteiger partial charge < -0.3 is 5.73 Å². The Morgan fingerprint density at radius 2 is 2.06 bits per heavy atom. The number of rotatable bonds is 1. The summed E-state index contributed by atoms with van der Waals surface area (Å²) in [5.41, 5.74) is 10.7. The Bertz CT molecular complexity index is 493. The summed E-state index contributed by atoms with van der Waals surface area (Å²) in [6.45, 7) is 4.00. The minimum Gasteiger partial charge on any atom is -0.369 e. The monoisotopic (exact) mass is 261 g/mol. The number of carbonyl (C=O) groups excluding carboxylic acids is 1. The van der Waals surface area contributed by atoms with Crippen molar-refractivity contribution in [1.82, 2.24) is 0 Å². The van der Waals surface area contributed by atoms with Crippen LogP contribution in [-0.4, -0.2) is 17.4 Å². The molecular weight excluding hydrogens is 242 g/mol. The molecule has 0 saturated heterocycles. The van der Waals surface area contributed by atoms with Crippen LogP contribution in [0.15, 0.2) is 29.8 Å². The van der Waals surface area contributed by atoms with Crippen LogP contribution in [0.1, 0.15) is 25.0 Å². The molecule has 0 aromatic heterocycles. The van der Waals surface area contributed by atoms with Gasteiger partial charge in [-0.25, -0.2) is 0 Å². The van der Waals surface area contributed by atoms with E-state index in [1.165, 1.54) is 22.3 Å². The van der Waals surface area contributed by atoms with Gasteiger partial charge in [-0.15, -0.1) is 0 Å². The number of hydrogen-bond acceptors (Lipinski definition) is 2. The fourth-order valence-electron chi connectivity index (χ4n) is 2.62. The highest BCUT2D eigenvalue weighted by molar-refractivity contribution is 7.99. The van der Waals surface area contributed by atoms with Gasteiger partial charge in [-0.3, -0.25) is 4.79 Å². The van der Waals surface area contributed by atoms with E-state index in [-0.39, 0.29) is 11.8 Å². The van der Waals surface area contributed by atoms with Crippen LogP contribution in [0.2, 0.25) is 0 Å². The van der Waals surface area contributed by atoms with Gasteiger partial charge in [0.05, 0.1) is 5.92 Å². The summed E-state index contributed by atoms with van der Waals surface area (Å²) >= 11 is 1.82. The van der Waals surface area contributed by atoms with Crippen LogP contribution >= 0.6 is 11.8 Å². The van der Waals surface area contributed by atoms with Crippen molar-refractivity contribution in [2.24, 2.45) is 11.7 Å². The van der Waals surface area contributed by atoms with Crippen LogP contribution in [-0.2, 0) is 11.2 Å². The third kappa shape index (κ3) is 2.19. The zero-order chi connectivity index (χ0) is 13.1. The van der Waals surface area contributed by atoms with Gasteiger partial charge in [0.1, 0.15) is 0 Å². The third-order valence-electron chi connectivity index (χ3n) is 3.34. The van der Waals surface area contributed by atoms with E-state index < -0.39 is 0 Å². The SMILES string of the molecule is CC.NC(=O)C1CSCC2=C1c1ccccc1C2. The van der Waals surface area contributed by atoms with Gasteiger partial charge in [0.25, 0.3) is 0 Å². The number of fused-ring (bicyclic) bond motifs is 2. The fourth-order valence-corrected chi connectivity index (χ4v) is 3.81. The van der Waals surface area contributed by atoms with E-state index in [0.717, 1.165) is 17.9 Å². The Hall–Kier alpha value is -1.22. The first-order valence-corrected chi connectivity index (χ1v) is 7.60. The molecule has 2 aliphatic rings. The predicted octanol–water partition coefficient (Wildman–Crippen LogP) is 2.87. The number of amides is 1. The maximum absolute atomic E-state index is 11.5. The van der Waals surface area contributed by atoms with Crippen molar-refractivity contribution in [3.05, 3.63) is 41.0 Å². The lowest BCUT2D eigenvalue weighted by atomic mass is 9.93. The number of hydrogen-bond donors (Lipinski definition) is 1. The first kappa shape index (κ1) is 13.2. The maximum atomic E-state index is 11.5. The van der Waals surface area contributed by atoms with Crippen molar-refractivity contribution in [2.75, 3.05) is 11.5 Å². The van der Waals surface area contributed by atoms with Crippen LogP contribution in [0.5, 0.6) is 0 Å². The summed E-state index contributed by atoms with van der Waals surface area (Å²) in [5.74, 6) is 1.62. The fraction of sp³-hybridized carbons (Fsp3) is 0.400. The van der Waals surface area contributed by atoms with Gasteiger partial charge in [-0.1, -0.05) is 43.7 Å². The quantitative estimate of drug-likeness (QED) is 0.844. The first-order valence-electron chi connectivity index (χ1n) is 6.44. The molecule has 3 rings (SSSR count). The van der Waals surface area contributed by atoms with E-state index in [9.17, 15) is 4.79 Å². The molecule has 1 aliphatic carbocycles. The van der Waals surface area contributed by atoms with Gasteiger partial charge >= 0.3 is 0 Å². The normalized spacial score (nSPS) is 20.7. The van der Waals surface area contributed by atoms with E-state index >= 15 is 0 Å². The molecule has 2 N–H and O–H groups in total. The molecule has 0 bridgehead atoms. The van der Waals surface area contributed by atoms with Gasteiger partial charge in [0.15, 0.2) is 0 Å². The van der Waals surface area contributed by atoms with Crippen molar-refractivity contribution < 1.29 is 4.79 Å². The topological polar surface area (TPSA) is 43.1 Å². The summed E-state index contributed by atoms with van der Waals surface area (Å²) < 4.78 is 0. The molecule has 1 unspecified atom stereocenters. The Morgan fingerprint density at radius 1 is 1.33 bits per heavy atom. The molecule has 1 amide bonds. The number of primary amides is 1. The zero-order valence-electron chi connectivity index (χ0n) is 10.9. The number of nitrogens with two attached hydrogens (primary N) is 1. The molecule has 0 radical (unpaired) electrons. The van der Waals surface area contributed by atoms with Crippen molar-refractivity contribution in [3.8, 4) is 0 Å². The predicted molar refractivity (Wildman–Crippen MR) is 78.4 cm³/mol. The highest BCUT2D eigenvalue weighted by Gasteiger charge is 2.33. The molecule has 0 spiro atoms. The molecule has 1 heterocycles. The van der Waals surface area contributed by atoms with Gasteiger partial charge in [-0.05, 0) is 23.1 Å². The second kappa shape index (κ2) is 5.61. The van der Waals surface area contributed by atoms with Crippen molar-refractivity contribution in [1.29, 1.82) is 0 Å². The van der Waals surface area contributed by atoms with E-state index in [1.54, 1.807) is 0 Å². The van der Waals surface area contributed by atoms with Crippen LogP contribution in [0.3, 0.4) is 0 Å². The average Bonchev–Trinajstić information content (AvgIpc) is 2.79. The molecule has 1 aromatic rings. The lowest BCUT2D eigenvalue weighted by molar-refractivity contribution is -0.119. The smallest absolute Gasteiger partial charge is 0.225 e. The second-order valence-electron chi connectivity index (χ2n) is 4.32. The van der Waals surface area contributed by atoms with E-state index in [2.05, 4.69) is 18.2 Å². The summed E-state index contributed by atoms with van der Waals surface area (Å²) in [6, 6.07) is 8.36. The van der Waals surface area contributed by atoms with Crippen LogP contribution < -0.4 is 5.73 Å². The summed E-state index contributed by atoms with van der Waals surface area (Å²) in [6.07, 6.45) is 1.00. The standard InChI is InChI=1S/C13H13NOS.C2H6/c14-13(15)11-7-16-6-9-5-8-3-1-2-4-10(8)12(9)11;1-2/h1-4,11H,5-7H2,(H2,14,15);1-2H3. The zero-order valence-corrected chi connectivity index (χ0v) is 11.7. The highest BCUT2D eigenvalue weighted by atomic mass is 32.2.